The van der Waals surface area contributed by atoms with Crippen molar-refractivity contribution in [1.29, 1.82) is 0 Å². The van der Waals surface area contributed by atoms with Gasteiger partial charge in [-0.1, -0.05) is 30.2 Å². The fourth-order valence-electron chi connectivity index (χ4n) is 2.75. The second-order valence-electron chi connectivity index (χ2n) is 6.67. The van der Waals surface area contributed by atoms with Crippen molar-refractivity contribution in [3.63, 3.8) is 0 Å². The summed E-state index contributed by atoms with van der Waals surface area (Å²) in [6.07, 6.45) is 6.34. The Morgan fingerprint density at radius 1 is 1.08 bits per heavy atom. The molecule has 0 aromatic rings. The summed E-state index contributed by atoms with van der Waals surface area (Å²) in [6.45, 7) is 17.4. The van der Waals surface area contributed by atoms with Crippen molar-refractivity contribution < 1.29 is 19.1 Å². The number of carbonyl (C=O) groups excluding carboxylic acids is 2. The molecule has 0 radical (unpaired) electrons. The van der Waals surface area contributed by atoms with Gasteiger partial charge in [0.15, 0.2) is 5.41 Å². The van der Waals surface area contributed by atoms with Crippen LogP contribution < -0.4 is 0 Å². The van der Waals surface area contributed by atoms with E-state index < -0.39 is 17.4 Å². The third-order valence-corrected chi connectivity index (χ3v) is 4.03. The van der Waals surface area contributed by atoms with Crippen LogP contribution in [0.2, 0.25) is 0 Å². The first kappa shape index (κ1) is 23.2. The van der Waals surface area contributed by atoms with Crippen LogP contribution in [0.3, 0.4) is 0 Å². The lowest BCUT2D eigenvalue weighted by Crippen LogP contribution is -2.42. The zero-order valence-electron chi connectivity index (χ0n) is 16.5. The van der Waals surface area contributed by atoms with Gasteiger partial charge in [0.25, 0.3) is 0 Å². The number of carbonyl (C=O) groups is 2. The SMILES string of the molecule is C=CC(C)CC/C=C(\C)CC(CC(=C)C)(C(=O)OCC)C(=O)OCC. The molecule has 0 spiro atoms. The zero-order valence-corrected chi connectivity index (χ0v) is 16.5. The molecule has 1 unspecified atom stereocenters. The summed E-state index contributed by atoms with van der Waals surface area (Å²) < 4.78 is 10.4. The highest BCUT2D eigenvalue weighted by Gasteiger charge is 2.48. The summed E-state index contributed by atoms with van der Waals surface area (Å²) in [4.78, 5) is 25.4. The van der Waals surface area contributed by atoms with Crippen LogP contribution in [-0.4, -0.2) is 25.2 Å². The van der Waals surface area contributed by atoms with Crippen molar-refractivity contribution in [3.05, 3.63) is 36.5 Å². The van der Waals surface area contributed by atoms with Gasteiger partial charge < -0.3 is 9.47 Å². The van der Waals surface area contributed by atoms with Gasteiger partial charge in [0.1, 0.15) is 0 Å². The first-order valence-electron chi connectivity index (χ1n) is 9.00. The van der Waals surface area contributed by atoms with E-state index in [0.717, 1.165) is 24.0 Å². The molecule has 0 saturated heterocycles. The highest BCUT2D eigenvalue weighted by atomic mass is 16.6. The molecule has 0 aliphatic rings. The predicted octanol–water partition coefficient (Wildman–Crippen LogP) is 5.00. The van der Waals surface area contributed by atoms with Crippen molar-refractivity contribution in [2.45, 2.75) is 60.3 Å². The van der Waals surface area contributed by atoms with E-state index in [0.29, 0.717) is 5.92 Å². The summed E-state index contributed by atoms with van der Waals surface area (Å²) in [6, 6.07) is 0. The van der Waals surface area contributed by atoms with E-state index in [-0.39, 0.29) is 26.1 Å². The molecule has 0 aliphatic heterocycles. The monoisotopic (exact) mass is 350 g/mol. The van der Waals surface area contributed by atoms with Gasteiger partial charge in [0.2, 0.25) is 0 Å². The van der Waals surface area contributed by atoms with E-state index in [1.165, 1.54) is 0 Å². The number of rotatable bonds is 12. The maximum absolute atomic E-state index is 12.7. The lowest BCUT2D eigenvalue weighted by molar-refractivity contribution is -0.172. The molecule has 0 bridgehead atoms. The normalized spacial score (nSPS) is 13.1. The van der Waals surface area contributed by atoms with Crippen LogP contribution in [0.4, 0.5) is 0 Å². The first-order valence-corrected chi connectivity index (χ1v) is 9.00. The van der Waals surface area contributed by atoms with Crippen molar-refractivity contribution in [3.8, 4) is 0 Å². The lowest BCUT2D eigenvalue weighted by Gasteiger charge is -2.29. The van der Waals surface area contributed by atoms with Crippen molar-refractivity contribution >= 4 is 11.9 Å². The summed E-state index contributed by atoms with van der Waals surface area (Å²) >= 11 is 0. The average Bonchev–Trinajstić information content (AvgIpc) is 2.53. The highest BCUT2D eigenvalue weighted by Crippen LogP contribution is 2.36. The van der Waals surface area contributed by atoms with Gasteiger partial charge in [-0.15, -0.1) is 13.2 Å². The second-order valence-corrected chi connectivity index (χ2v) is 6.67. The number of hydrogen-bond donors (Lipinski definition) is 0. The van der Waals surface area contributed by atoms with Crippen LogP contribution in [-0.2, 0) is 19.1 Å². The maximum Gasteiger partial charge on any atom is 0.324 e. The fraction of sp³-hybridized carbons (Fsp3) is 0.619. The quantitative estimate of drug-likeness (QED) is 0.282. The molecule has 0 heterocycles. The molecule has 0 N–H and O–H groups in total. The summed E-state index contributed by atoms with van der Waals surface area (Å²) in [5.74, 6) is -0.647. The molecule has 0 aromatic carbocycles. The van der Waals surface area contributed by atoms with Gasteiger partial charge in [-0.2, -0.15) is 0 Å². The molecule has 0 fully saturated rings. The molecule has 25 heavy (non-hydrogen) atoms. The standard InChI is InChI=1S/C21H34O4/c1-8-17(6)12-11-13-18(7)15-21(14-16(4)5,19(22)24-9-2)20(23)25-10-3/h8,13,17H,1,4,9-12,14-15H2,2-3,5-7H3/b18-13+. The topological polar surface area (TPSA) is 52.6 Å². The van der Waals surface area contributed by atoms with Gasteiger partial charge in [-0.25, -0.2) is 0 Å². The van der Waals surface area contributed by atoms with Gasteiger partial charge in [0, 0.05) is 0 Å². The van der Waals surface area contributed by atoms with Gasteiger partial charge >= 0.3 is 11.9 Å². The highest BCUT2D eigenvalue weighted by molar-refractivity contribution is 6.00. The van der Waals surface area contributed by atoms with E-state index in [9.17, 15) is 9.59 Å². The zero-order chi connectivity index (χ0) is 19.5. The predicted molar refractivity (Wildman–Crippen MR) is 102 cm³/mol. The number of esters is 2. The first-order chi connectivity index (χ1) is 11.7. The maximum atomic E-state index is 12.7. The van der Waals surface area contributed by atoms with Crippen LogP contribution in [0, 0.1) is 11.3 Å². The molecule has 0 amide bonds. The third kappa shape index (κ3) is 7.72. The number of allylic oxidation sites excluding steroid dienone is 4. The Bertz CT molecular complexity index is 484. The Hall–Kier alpha value is -1.84. The Balaban J connectivity index is 5.55. The van der Waals surface area contributed by atoms with Crippen molar-refractivity contribution in [2.24, 2.45) is 11.3 Å². The van der Waals surface area contributed by atoms with Crippen LogP contribution >= 0.6 is 0 Å². The summed E-state index contributed by atoms with van der Waals surface area (Å²) in [5, 5.41) is 0. The minimum Gasteiger partial charge on any atom is -0.465 e. The molecule has 4 nitrogen and oxygen atoms in total. The average molecular weight is 350 g/mol. The van der Waals surface area contributed by atoms with E-state index in [4.69, 9.17) is 9.47 Å². The number of hydrogen-bond acceptors (Lipinski definition) is 4. The molecule has 0 saturated carbocycles. The summed E-state index contributed by atoms with van der Waals surface area (Å²) in [5.41, 5.74) is 0.357. The Labute approximate surface area is 153 Å². The van der Waals surface area contributed by atoms with Gasteiger partial charge in [-0.05, 0) is 59.3 Å². The lowest BCUT2D eigenvalue weighted by atomic mass is 9.76. The molecule has 4 heteroatoms. The van der Waals surface area contributed by atoms with Crippen molar-refractivity contribution in [1.82, 2.24) is 0 Å². The molecule has 1 atom stereocenters. The molecule has 0 aromatic heterocycles. The van der Waals surface area contributed by atoms with Crippen LogP contribution in [0.25, 0.3) is 0 Å². The Morgan fingerprint density at radius 3 is 2.00 bits per heavy atom. The Morgan fingerprint density at radius 2 is 1.60 bits per heavy atom. The molecule has 142 valence electrons. The van der Waals surface area contributed by atoms with Crippen LogP contribution in [0.5, 0.6) is 0 Å². The van der Waals surface area contributed by atoms with Crippen molar-refractivity contribution in [2.75, 3.05) is 13.2 Å². The molecular weight excluding hydrogens is 316 g/mol. The van der Waals surface area contributed by atoms with Gasteiger partial charge in [-0.3, -0.25) is 9.59 Å². The van der Waals surface area contributed by atoms with Crippen LogP contribution in [0.15, 0.2) is 36.5 Å². The summed E-state index contributed by atoms with van der Waals surface area (Å²) in [7, 11) is 0. The third-order valence-electron chi connectivity index (χ3n) is 4.03. The minimum atomic E-state index is -1.36. The van der Waals surface area contributed by atoms with E-state index >= 15 is 0 Å². The molecule has 0 rings (SSSR count). The van der Waals surface area contributed by atoms with E-state index in [1.807, 2.05) is 13.0 Å². The smallest absolute Gasteiger partial charge is 0.324 e. The molecular formula is C21H34O4. The van der Waals surface area contributed by atoms with E-state index in [2.05, 4.69) is 26.2 Å². The van der Waals surface area contributed by atoms with Crippen LogP contribution in [0.1, 0.15) is 60.3 Å². The minimum absolute atomic E-state index is 0.218. The van der Waals surface area contributed by atoms with Gasteiger partial charge in [0.05, 0.1) is 13.2 Å². The molecule has 0 aliphatic carbocycles. The fourth-order valence-corrected chi connectivity index (χ4v) is 2.75. The largest absolute Gasteiger partial charge is 0.465 e. The second kappa shape index (κ2) is 11.7. The number of ether oxygens (including phenoxy) is 2. The Kier molecular flexibility index (Phi) is 10.8. The van der Waals surface area contributed by atoms with E-state index in [1.54, 1.807) is 20.8 Å².